The minimum absolute atomic E-state index is 0.0371. The molecule has 106 valence electrons. The van der Waals surface area contributed by atoms with Crippen LogP contribution in [0.15, 0.2) is 12.1 Å². The second-order valence-electron chi connectivity index (χ2n) is 7.18. The van der Waals surface area contributed by atoms with E-state index in [-0.39, 0.29) is 16.7 Å². The molecule has 1 aromatic carbocycles. The number of rotatable bonds is 2. The summed E-state index contributed by atoms with van der Waals surface area (Å²) < 4.78 is 14.7. The standard InChI is InChI=1S/C17H19FO2/c18-16-13(9-19)1-2-14(20)15(16)17-6-10-3-11(7-17)5-12(4-10)8-17/h1-2,9-12,20H,3-8H2. The average Bonchev–Trinajstić information content (AvgIpc) is 2.37. The summed E-state index contributed by atoms with van der Waals surface area (Å²) in [5.74, 6) is 1.59. The van der Waals surface area contributed by atoms with Crippen LogP contribution in [0.1, 0.15) is 54.4 Å². The van der Waals surface area contributed by atoms with Gasteiger partial charge in [-0.2, -0.15) is 0 Å². The number of hydrogen-bond donors (Lipinski definition) is 1. The predicted molar refractivity (Wildman–Crippen MR) is 73.3 cm³/mol. The number of halogens is 1. The first-order chi connectivity index (χ1) is 9.61. The number of phenols is 1. The van der Waals surface area contributed by atoms with E-state index in [1.54, 1.807) is 0 Å². The maximum absolute atomic E-state index is 14.7. The lowest BCUT2D eigenvalue weighted by Crippen LogP contribution is -2.49. The molecule has 1 N–H and O–H groups in total. The molecule has 3 heteroatoms. The Morgan fingerprint density at radius 2 is 1.65 bits per heavy atom. The Balaban J connectivity index is 1.86. The molecule has 4 bridgehead atoms. The van der Waals surface area contributed by atoms with Crippen LogP contribution >= 0.6 is 0 Å². The largest absolute Gasteiger partial charge is 0.508 e. The van der Waals surface area contributed by atoms with Gasteiger partial charge in [0.05, 0.1) is 5.56 Å². The van der Waals surface area contributed by atoms with Gasteiger partial charge >= 0.3 is 0 Å². The molecular weight excluding hydrogens is 255 g/mol. The number of aromatic hydroxyl groups is 1. The summed E-state index contributed by atoms with van der Waals surface area (Å²) in [6, 6.07) is 2.86. The van der Waals surface area contributed by atoms with Crippen molar-refractivity contribution in [1.82, 2.24) is 0 Å². The van der Waals surface area contributed by atoms with Gasteiger partial charge in [0.2, 0.25) is 0 Å². The molecule has 0 saturated heterocycles. The summed E-state index contributed by atoms with van der Waals surface area (Å²) in [5.41, 5.74) is 0.289. The van der Waals surface area contributed by atoms with Gasteiger partial charge in [-0.25, -0.2) is 4.39 Å². The second kappa shape index (κ2) is 4.06. The van der Waals surface area contributed by atoms with E-state index in [2.05, 4.69) is 0 Å². The Bertz CT molecular complexity index is 543. The van der Waals surface area contributed by atoms with E-state index in [1.165, 1.54) is 31.4 Å². The third-order valence-electron chi connectivity index (χ3n) is 5.85. The fourth-order valence-corrected chi connectivity index (χ4v) is 5.59. The number of carbonyl (C=O) groups is 1. The zero-order chi connectivity index (χ0) is 13.9. The molecule has 2 nitrogen and oxygen atoms in total. The Morgan fingerprint density at radius 3 is 2.15 bits per heavy atom. The van der Waals surface area contributed by atoms with E-state index >= 15 is 0 Å². The van der Waals surface area contributed by atoms with Crippen molar-refractivity contribution < 1.29 is 14.3 Å². The lowest BCUT2D eigenvalue weighted by atomic mass is 9.48. The molecular formula is C17H19FO2. The molecule has 0 heterocycles. The first-order valence-corrected chi connectivity index (χ1v) is 7.58. The first-order valence-electron chi connectivity index (χ1n) is 7.58. The molecule has 0 atom stereocenters. The number of aldehydes is 1. The van der Waals surface area contributed by atoms with Gasteiger partial charge in [-0.3, -0.25) is 4.79 Å². The summed E-state index contributed by atoms with van der Waals surface area (Å²) in [6.45, 7) is 0. The Hall–Kier alpha value is -1.38. The Labute approximate surface area is 118 Å². The summed E-state index contributed by atoms with van der Waals surface area (Å²) in [4.78, 5) is 11.0. The molecule has 4 aliphatic rings. The van der Waals surface area contributed by atoms with Gasteiger partial charge < -0.3 is 5.11 Å². The highest BCUT2D eigenvalue weighted by molar-refractivity contribution is 5.76. The van der Waals surface area contributed by atoms with Crippen LogP contribution in [-0.2, 0) is 5.41 Å². The van der Waals surface area contributed by atoms with E-state index in [9.17, 15) is 14.3 Å². The normalized spacial score (nSPS) is 38.1. The van der Waals surface area contributed by atoms with Gasteiger partial charge in [0.25, 0.3) is 0 Å². The predicted octanol–water partition coefficient (Wildman–Crippen LogP) is 3.81. The van der Waals surface area contributed by atoms with Crippen LogP contribution in [0, 0.1) is 23.6 Å². The molecule has 0 radical (unpaired) electrons. The molecule has 1 aromatic rings. The van der Waals surface area contributed by atoms with E-state index in [0.29, 0.717) is 29.6 Å². The number of benzene rings is 1. The maximum atomic E-state index is 14.7. The second-order valence-corrected chi connectivity index (χ2v) is 7.18. The third kappa shape index (κ3) is 1.58. The van der Waals surface area contributed by atoms with E-state index in [4.69, 9.17) is 0 Å². The monoisotopic (exact) mass is 274 g/mol. The van der Waals surface area contributed by atoms with Crippen LogP contribution in [-0.4, -0.2) is 11.4 Å². The van der Waals surface area contributed by atoms with Crippen LogP contribution in [0.3, 0.4) is 0 Å². The van der Waals surface area contributed by atoms with Crippen LogP contribution in [0.4, 0.5) is 4.39 Å². The zero-order valence-electron chi connectivity index (χ0n) is 11.4. The highest BCUT2D eigenvalue weighted by Crippen LogP contribution is 2.62. The van der Waals surface area contributed by atoms with Crippen molar-refractivity contribution in [3.8, 4) is 5.75 Å². The van der Waals surface area contributed by atoms with Gasteiger partial charge in [-0.1, -0.05) is 0 Å². The highest BCUT2D eigenvalue weighted by atomic mass is 19.1. The van der Waals surface area contributed by atoms with Crippen LogP contribution in [0.2, 0.25) is 0 Å². The molecule has 0 spiro atoms. The van der Waals surface area contributed by atoms with Crippen molar-refractivity contribution in [3.63, 3.8) is 0 Å². The van der Waals surface area contributed by atoms with Crippen molar-refractivity contribution in [2.75, 3.05) is 0 Å². The molecule has 4 fully saturated rings. The molecule has 0 aliphatic heterocycles. The van der Waals surface area contributed by atoms with E-state index in [0.717, 1.165) is 19.3 Å². The maximum Gasteiger partial charge on any atom is 0.153 e. The van der Waals surface area contributed by atoms with Crippen LogP contribution in [0.5, 0.6) is 5.75 Å². The van der Waals surface area contributed by atoms with Gasteiger partial charge in [0, 0.05) is 11.0 Å². The molecule has 4 saturated carbocycles. The third-order valence-corrected chi connectivity index (χ3v) is 5.85. The topological polar surface area (TPSA) is 37.3 Å². The van der Waals surface area contributed by atoms with Gasteiger partial charge in [0.1, 0.15) is 11.6 Å². The van der Waals surface area contributed by atoms with E-state index in [1.807, 2.05) is 0 Å². The van der Waals surface area contributed by atoms with Gasteiger partial charge in [-0.05, 0) is 68.4 Å². The smallest absolute Gasteiger partial charge is 0.153 e. The first kappa shape index (κ1) is 12.4. The van der Waals surface area contributed by atoms with Crippen molar-refractivity contribution in [2.24, 2.45) is 17.8 Å². The lowest BCUT2D eigenvalue weighted by Gasteiger charge is -2.57. The van der Waals surface area contributed by atoms with Gasteiger partial charge in [0.15, 0.2) is 6.29 Å². The molecule has 20 heavy (non-hydrogen) atoms. The fraction of sp³-hybridized carbons (Fsp3) is 0.588. The quantitative estimate of drug-likeness (QED) is 0.833. The Morgan fingerprint density at radius 1 is 1.10 bits per heavy atom. The molecule has 5 rings (SSSR count). The number of phenolic OH excluding ortho intramolecular Hbond substituents is 1. The van der Waals surface area contributed by atoms with Crippen LogP contribution in [0.25, 0.3) is 0 Å². The minimum Gasteiger partial charge on any atom is -0.508 e. The molecule has 0 unspecified atom stereocenters. The molecule has 0 aromatic heterocycles. The summed E-state index contributed by atoms with van der Waals surface area (Å²) in [6.07, 6.45) is 7.31. The zero-order valence-corrected chi connectivity index (χ0v) is 11.4. The van der Waals surface area contributed by atoms with Crippen molar-refractivity contribution in [1.29, 1.82) is 0 Å². The molecule has 0 amide bonds. The van der Waals surface area contributed by atoms with E-state index < -0.39 is 5.82 Å². The minimum atomic E-state index is -0.484. The molecule has 4 aliphatic carbocycles. The number of hydrogen-bond acceptors (Lipinski definition) is 2. The lowest BCUT2D eigenvalue weighted by molar-refractivity contribution is -0.00778. The Kier molecular flexibility index (Phi) is 2.51. The van der Waals surface area contributed by atoms with Crippen LogP contribution < -0.4 is 0 Å². The summed E-state index contributed by atoms with van der Waals surface area (Å²) in [7, 11) is 0. The highest BCUT2D eigenvalue weighted by Gasteiger charge is 2.53. The SMILES string of the molecule is O=Cc1ccc(O)c(C23CC4CC(CC(C4)C2)C3)c1F. The number of carbonyl (C=O) groups excluding carboxylic acids is 1. The van der Waals surface area contributed by atoms with Crippen molar-refractivity contribution >= 4 is 6.29 Å². The average molecular weight is 274 g/mol. The van der Waals surface area contributed by atoms with Gasteiger partial charge in [-0.15, -0.1) is 0 Å². The summed E-state index contributed by atoms with van der Waals surface area (Å²) >= 11 is 0. The van der Waals surface area contributed by atoms with Crippen molar-refractivity contribution in [3.05, 3.63) is 29.1 Å². The van der Waals surface area contributed by atoms with Crippen molar-refractivity contribution in [2.45, 2.75) is 43.9 Å². The fourth-order valence-electron chi connectivity index (χ4n) is 5.59. The summed E-state index contributed by atoms with van der Waals surface area (Å²) in [5, 5.41) is 10.2.